The summed E-state index contributed by atoms with van der Waals surface area (Å²) in [5.41, 5.74) is -0.396. The van der Waals surface area contributed by atoms with Crippen molar-refractivity contribution in [3.8, 4) is 0 Å². The maximum absolute atomic E-state index is 12.0. The van der Waals surface area contributed by atoms with E-state index in [2.05, 4.69) is 0 Å². The van der Waals surface area contributed by atoms with Gasteiger partial charge in [0.2, 0.25) is 0 Å². The molecule has 0 radical (unpaired) electrons. The highest BCUT2D eigenvalue weighted by molar-refractivity contribution is 5.76. The van der Waals surface area contributed by atoms with Gasteiger partial charge in [0.1, 0.15) is 0 Å². The van der Waals surface area contributed by atoms with Gasteiger partial charge in [0.25, 0.3) is 0 Å². The van der Waals surface area contributed by atoms with E-state index in [-0.39, 0.29) is 17.9 Å². The van der Waals surface area contributed by atoms with E-state index in [1.54, 1.807) is 0 Å². The lowest BCUT2D eigenvalue weighted by molar-refractivity contribution is -0.156. The molecule has 1 saturated heterocycles. The summed E-state index contributed by atoms with van der Waals surface area (Å²) < 4.78 is 10.7. The maximum atomic E-state index is 12.0. The average molecular weight is 280 g/mol. The highest BCUT2D eigenvalue weighted by Crippen LogP contribution is 2.57. The van der Waals surface area contributed by atoms with Crippen LogP contribution in [0.5, 0.6) is 0 Å². The van der Waals surface area contributed by atoms with E-state index in [0.29, 0.717) is 36.9 Å². The van der Waals surface area contributed by atoms with Crippen molar-refractivity contribution in [1.29, 1.82) is 0 Å². The van der Waals surface area contributed by atoms with Gasteiger partial charge in [0.05, 0.1) is 24.5 Å². The van der Waals surface area contributed by atoms with Gasteiger partial charge in [0, 0.05) is 5.92 Å². The number of esters is 2. The topological polar surface area (TPSA) is 52.6 Å². The predicted octanol–water partition coefficient (Wildman–Crippen LogP) is 2.41. The molecule has 2 aliphatic carbocycles. The first-order valence-corrected chi connectivity index (χ1v) is 7.78. The molecule has 1 heterocycles. The van der Waals surface area contributed by atoms with Crippen LogP contribution in [0, 0.1) is 35.0 Å². The molecular weight excluding hydrogens is 256 g/mol. The second kappa shape index (κ2) is 4.74. The second-order valence-corrected chi connectivity index (χ2v) is 7.31. The zero-order valence-electron chi connectivity index (χ0n) is 12.6. The van der Waals surface area contributed by atoms with Gasteiger partial charge in [-0.3, -0.25) is 9.59 Å². The van der Waals surface area contributed by atoms with Crippen molar-refractivity contribution in [2.75, 3.05) is 13.2 Å². The van der Waals surface area contributed by atoms with Crippen LogP contribution in [-0.4, -0.2) is 25.2 Å². The Balaban J connectivity index is 1.57. The van der Waals surface area contributed by atoms with Gasteiger partial charge in [0.15, 0.2) is 0 Å². The Hall–Kier alpha value is -1.06. The van der Waals surface area contributed by atoms with Gasteiger partial charge in [-0.1, -0.05) is 6.92 Å². The Morgan fingerprint density at radius 1 is 1.35 bits per heavy atom. The number of cyclic esters (lactones) is 1. The van der Waals surface area contributed by atoms with Crippen molar-refractivity contribution in [1.82, 2.24) is 0 Å². The van der Waals surface area contributed by atoms with E-state index >= 15 is 0 Å². The maximum Gasteiger partial charge on any atom is 0.311 e. The number of carbonyl (C=O) groups excluding carboxylic acids is 2. The highest BCUT2D eigenvalue weighted by atomic mass is 16.5. The fourth-order valence-electron chi connectivity index (χ4n) is 4.22. The summed E-state index contributed by atoms with van der Waals surface area (Å²) in [5, 5.41) is 0. The molecule has 0 spiro atoms. The van der Waals surface area contributed by atoms with Crippen LogP contribution in [0.2, 0.25) is 0 Å². The summed E-state index contributed by atoms with van der Waals surface area (Å²) in [6.07, 6.45) is 2.92. The zero-order valence-corrected chi connectivity index (χ0v) is 12.6. The molecule has 3 rings (SSSR count). The van der Waals surface area contributed by atoms with Crippen molar-refractivity contribution in [2.45, 2.75) is 40.0 Å². The van der Waals surface area contributed by atoms with Gasteiger partial charge < -0.3 is 9.47 Å². The monoisotopic (exact) mass is 280 g/mol. The summed E-state index contributed by atoms with van der Waals surface area (Å²) in [4.78, 5) is 23.7. The van der Waals surface area contributed by atoms with Crippen molar-refractivity contribution in [3.63, 3.8) is 0 Å². The summed E-state index contributed by atoms with van der Waals surface area (Å²) in [7, 11) is 0. The normalized spacial score (nSPS) is 38.8. The Bertz CT molecular complexity index is 428. The molecule has 0 aromatic heterocycles. The fourth-order valence-corrected chi connectivity index (χ4v) is 4.22. The lowest BCUT2D eigenvalue weighted by Gasteiger charge is -2.29. The van der Waals surface area contributed by atoms with E-state index in [9.17, 15) is 9.59 Å². The first-order valence-electron chi connectivity index (χ1n) is 7.78. The number of fused-ring (bicyclic) bond motifs is 5. The molecule has 3 aliphatic rings. The van der Waals surface area contributed by atoms with Crippen molar-refractivity contribution >= 4 is 11.9 Å². The molecule has 0 aromatic rings. The molecule has 20 heavy (non-hydrogen) atoms. The molecule has 4 nitrogen and oxygen atoms in total. The largest absolute Gasteiger partial charge is 0.465 e. The van der Waals surface area contributed by atoms with Crippen LogP contribution in [0.3, 0.4) is 0 Å². The Kier molecular flexibility index (Phi) is 3.30. The summed E-state index contributed by atoms with van der Waals surface area (Å²) >= 11 is 0. The Morgan fingerprint density at radius 3 is 2.80 bits per heavy atom. The van der Waals surface area contributed by atoms with Gasteiger partial charge in [-0.05, 0) is 50.9 Å². The third kappa shape index (κ3) is 2.04. The van der Waals surface area contributed by atoms with Crippen LogP contribution in [0.15, 0.2) is 0 Å². The van der Waals surface area contributed by atoms with Crippen molar-refractivity contribution in [2.24, 2.45) is 35.0 Å². The van der Waals surface area contributed by atoms with Crippen LogP contribution in [-0.2, 0) is 19.1 Å². The van der Waals surface area contributed by atoms with E-state index < -0.39 is 5.41 Å². The molecule has 112 valence electrons. The Morgan fingerprint density at radius 2 is 2.10 bits per heavy atom. The second-order valence-electron chi connectivity index (χ2n) is 7.31. The van der Waals surface area contributed by atoms with Crippen LogP contribution >= 0.6 is 0 Å². The summed E-state index contributed by atoms with van der Waals surface area (Å²) in [6.45, 7) is 6.95. The first-order chi connectivity index (χ1) is 9.44. The van der Waals surface area contributed by atoms with Gasteiger partial charge >= 0.3 is 11.9 Å². The van der Waals surface area contributed by atoms with Crippen LogP contribution < -0.4 is 0 Å². The molecule has 5 atom stereocenters. The Labute approximate surface area is 120 Å². The van der Waals surface area contributed by atoms with E-state index in [1.807, 2.05) is 20.8 Å². The molecule has 3 fully saturated rings. The van der Waals surface area contributed by atoms with Crippen LogP contribution in [0.4, 0.5) is 0 Å². The molecule has 1 aliphatic heterocycles. The molecular formula is C16H24O4. The minimum Gasteiger partial charge on any atom is -0.465 e. The highest BCUT2D eigenvalue weighted by Gasteiger charge is 2.59. The number of rotatable bonds is 4. The smallest absolute Gasteiger partial charge is 0.311 e. The molecule has 2 saturated carbocycles. The van der Waals surface area contributed by atoms with Crippen LogP contribution in [0.1, 0.15) is 40.0 Å². The van der Waals surface area contributed by atoms with Gasteiger partial charge in [-0.15, -0.1) is 0 Å². The third-order valence-corrected chi connectivity index (χ3v) is 5.86. The minimum atomic E-state index is -0.396. The molecule has 0 N–H and O–H groups in total. The van der Waals surface area contributed by atoms with Crippen molar-refractivity contribution in [3.05, 3.63) is 0 Å². The number of ether oxygens (including phenoxy) is 2. The van der Waals surface area contributed by atoms with Crippen molar-refractivity contribution < 1.29 is 19.1 Å². The SMILES string of the molecule is CCC(C)(C)C(=O)OCC1CC2CC1C1COC(=O)C21. The minimum absolute atomic E-state index is 0.00469. The number of hydrogen-bond acceptors (Lipinski definition) is 4. The average Bonchev–Trinajstić information content (AvgIpc) is 3.08. The lowest BCUT2D eigenvalue weighted by atomic mass is 9.76. The molecule has 5 unspecified atom stereocenters. The summed E-state index contributed by atoms with van der Waals surface area (Å²) in [5.74, 6) is 1.82. The van der Waals surface area contributed by atoms with E-state index in [0.717, 1.165) is 19.3 Å². The molecule has 0 amide bonds. The standard InChI is InChI=1S/C16H24O4/c1-4-16(2,3)15(18)20-7-10-5-9-6-11(10)12-8-19-14(17)13(9)12/h9-13H,4-8H2,1-3H3. The summed E-state index contributed by atoms with van der Waals surface area (Å²) in [6, 6.07) is 0. The third-order valence-electron chi connectivity index (χ3n) is 5.86. The zero-order chi connectivity index (χ0) is 14.5. The van der Waals surface area contributed by atoms with E-state index in [1.165, 1.54) is 0 Å². The quantitative estimate of drug-likeness (QED) is 0.742. The molecule has 4 heteroatoms. The van der Waals surface area contributed by atoms with Gasteiger partial charge in [-0.25, -0.2) is 0 Å². The van der Waals surface area contributed by atoms with E-state index in [4.69, 9.17) is 9.47 Å². The van der Waals surface area contributed by atoms with Gasteiger partial charge in [-0.2, -0.15) is 0 Å². The number of hydrogen-bond donors (Lipinski definition) is 0. The lowest BCUT2D eigenvalue weighted by Crippen LogP contribution is -2.33. The fraction of sp³-hybridized carbons (Fsp3) is 0.875. The number of carbonyl (C=O) groups is 2. The molecule has 0 aromatic carbocycles. The first kappa shape index (κ1) is 13.9. The molecule has 2 bridgehead atoms. The van der Waals surface area contributed by atoms with Crippen LogP contribution in [0.25, 0.3) is 0 Å². The predicted molar refractivity (Wildman–Crippen MR) is 72.7 cm³/mol.